The lowest BCUT2D eigenvalue weighted by atomic mass is 9.98. The van der Waals surface area contributed by atoms with E-state index >= 15 is 0 Å². The molecule has 1 fully saturated rings. The van der Waals surface area contributed by atoms with Gasteiger partial charge in [0.05, 0.1) is 12.9 Å². The summed E-state index contributed by atoms with van der Waals surface area (Å²) in [5.41, 5.74) is 0. The highest BCUT2D eigenvalue weighted by molar-refractivity contribution is 5.91. The van der Waals surface area contributed by atoms with Crippen LogP contribution < -0.4 is 5.32 Å². The van der Waals surface area contributed by atoms with Gasteiger partial charge in [-0.05, 0) is 30.9 Å². The van der Waals surface area contributed by atoms with Crippen molar-refractivity contribution in [2.45, 2.75) is 25.9 Å². The number of furan rings is 1. The number of nitrogens with one attached hydrogen (secondary N) is 1. The highest BCUT2D eigenvalue weighted by Gasteiger charge is 2.24. The molecule has 0 aliphatic carbocycles. The van der Waals surface area contributed by atoms with E-state index in [1.54, 1.807) is 32.4 Å². The van der Waals surface area contributed by atoms with Gasteiger partial charge >= 0.3 is 6.03 Å². The molecular weight excluding hydrogens is 334 g/mol. The van der Waals surface area contributed by atoms with Crippen molar-refractivity contribution >= 4 is 11.9 Å². The van der Waals surface area contributed by atoms with Crippen molar-refractivity contribution in [2.24, 2.45) is 5.92 Å². The van der Waals surface area contributed by atoms with E-state index in [2.05, 4.69) is 14.9 Å². The number of nitrogens with zero attached hydrogens (tertiary/aromatic N) is 4. The fourth-order valence-corrected chi connectivity index (χ4v) is 3.17. The normalized spacial score (nSPS) is 17.2. The van der Waals surface area contributed by atoms with Gasteiger partial charge in [-0.3, -0.25) is 4.79 Å². The first-order valence-corrected chi connectivity index (χ1v) is 8.82. The second kappa shape index (κ2) is 8.07. The molecule has 3 heterocycles. The molecule has 0 saturated carbocycles. The van der Waals surface area contributed by atoms with Crippen molar-refractivity contribution in [1.82, 2.24) is 24.7 Å². The molecule has 2 aromatic rings. The van der Waals surface area contributed by atoms with Gasteiger partial charge in [-0.25, -0.2) is 9.78 Å². The third-order valence-corrected chi connectivity index (χ3v) is 4.53. The van der Waals surface area contributed by atoms with Gasteiger partial charge in [0.15, 0.2) is 5.76 Å². The number of carbonyl (C=O) groups excluding carboxylic acids is 2. The summed E-state index contributed by atoms with van der Waals surface area (Å²) in [4.78, 5) is 31.7. The first-order valence-electron chi connectivity index (χ1n) is 8.82. The largest absolute Gasteiger partial charge is 0.454 e. The van der Waals surface area contributed by atoms with Gasteiger partial charge in [0, 0.05) is 46.1 Å². The summed E-state index contributed by atoms with van der Waals surface area (Å²) in [6, 6.07) is 3.25. The Bertz CT molecular complexity index is 738. The van der Waals surface area contributed by atoms with Crippen molar-refractivity contribution < 1.29 is 14.0 Å². The van der Waals surface area contributed by atoms with Crippen LogP contribution in [-0.4, -0.2) is 58.5 Å². The summed E-state index contributed by atoms with van der Waals surface area (Å²) in [5, 5.41) is 2.88. The van der Waals surface area contributed by atoms with E-state index in [4.69, 9.17) is 4.42 Å². The Morgan fingerprint density at radius 2 is 2.23 bits per heavy atom. The predicted molar refractivity (Wildman–Crippen MR) is 95.5 cm³/mol. The summed E-state index contributed by atoms with van der Waals surface area (Å²) >= 11 is 0. The first kappa shape index (κ1) is 18.0. The van der Waals surface area contributed by atoms with Crippen LogP contribution in [-0.2, 0) is 13.1 Å². The average molecular weight is 359 g/mol. The van der Waals surface area contributed by atoms with Crippen molar-refractivity contribution in [3.63, 3.8) is 0 Å². The molecule has 3 rings (SSSR count). The second-order valence-corrected chi connectivity index (χ2v) is 6.84. The zero-order valence-electron chi connectivity index (χ0n) is 15.2. The lowest BCUT2D eigenvalue weighted by Gasteiger charge is -2.32. The number of hydrogen-bond acceptors (Lipinski definition) is 4. The molecule has 0 radical (unpaired) electrons. The SMILES string of the molecule is CN(C)C(=O)c1ccc(CNC(=O)N2CCC[C@H](Cn3ccnc3)C2)o1. The average Bonchev–Trinajstić information content (AvgIpc) is 3.31. The Labute approximate surface area is 152 Å². The van der Waals surface area contributed by atoms with Gasteiger partial charge in [-0.15, -0.1) is 0 Å². The summed E-state index contributed by atoms with van der Waals surface area (Å²) < 4.78 is 7.55. The number of rotatable bonds is 5. The Morgan fingerprint density at radius 3 is 2.96 bits per heavy atom. The molecule has 0 unspecified atom stereocenters. The van der Waals surface area contributed by atoms with Crippen LogP contribution in [0.15, 0.2) is 35.3 Å². The highest BCUT2D eigenvalue weighted by Crippen LogP contribution is 2.18. The van der Waals surface area contributed by atoms with Crippen molar-refractivity contribution in [2.75, 3.05) is 27.2 Å². The summed E-state index contributed by atoms with van der Waals surface area (Å²) in [7, 11) is 3.34. The predicted octanol–water partition coefficient (Wildman–Crippen LogP) is 1.80. The van der Waals surface area contributed by atoms with Crippen LogP contribution in [0.4, 0.5) is 4.79 Å². The van der Waals surface area contributed by atoms with E-state index in [1.807, 2.05) is 17.4 Å². The molecule has 0 bridgehead atoms. The molecule has 1 N–H and O–H groups in total. The van der Waals surface area contributed by atoms with Gasteiger partial charge in [-0.2, -0.15) is 0 Å². The maximum Gasteiger partial charge on any atom is 0.317 e. The summed E-state index contributed by atoms with van der Waals surface area (Å²) in [6.45, 7) is 2.63. The van der Waals surface area contributed by atoms with E-state index in [0.29, 0.717) is 11.7 Å². The van der Waals surface area contributed by atoms with Gasteiger partial charge in [0.25, 0.3) is 5.91 Å². The molecule has 26 heavy (non-hydrogen) atoms. The standard InChI is InChI=1S/C18H25N5O3/c1-21(2)17(24)16-6-5-15(26-16)10-20-18(25)23-8-3-4-14(12-23)11-22-9-7-19-13-22/h5-7,9,13-14H,3-4,8,10-12H2,1-2H3,(H,20,25)/t14-/m1/s1. The fraction of sp³-hybridized carbons (Fsp3) is 0.500. The van der Waals surface area contributed by atoms with E-state index < -0.39 is 0 Å². The Hall–Kier alpha value is -2.77. The Morgan fingerprint density at radius 1 is 1.38 bits per heavy atom. The molecule has 0 spiro atoms. The number of amides is 3. The smallest absolute Gasteiger partial charge is 0.317 e. The molecule has 1 saturated heterocycles. The topological polar surface area (TPSA) is 83.6 Å². The fourth-order valence-electron chi connectivity index (χ4n) is 3.17. The lowest BCUT2D eigenvalue weighted by Crippen LogP contribution is -2.45. The van der Waals surface area contributed by atoms with Crippen LogP contribution in [0.5, 0.6) is 0 Å². The molecule has 2 aromatic heterocycles. The number of urea groups is 1. The van der Waals surface area contributed by atoms with Crippen LogP contribution >= 0.6 is 0 Å². The van der Waals surface area contributed by atoms with Crippen LogP contribution in [0.1, 0.15) is 29.2 Å². The molecule has 1 atom stereocenters. The zero-order valence-corrected chi connectivity index (χ0v) is 15.2. The minimum atomic E-state index is -0.194. The highest BCUT2D eigenvalue weighted by atomic mass is 16.4. The molecule has 8 heteroatoms. The quantitative estimate of drug-likeness (QED) is 0.882. The van der Waals surface area contributed by atoms with Crippen LogP contribution in [0.2, 0.25) is 0 Å². The molecular formula is C18H25N5O3. The Kier molecular flexibility index (Phi) is 5.60. The van der Waals surface area contributed by atoms with Gasteiger partial charge in [0.1, 0.15) is 5.76 Å². The minimum absolute atomic E-state index is 0.0998. The lowest BCUT2D eigenvalue weighted by molar-refractivity contribution is 0.0794. The molecule has 0 aromatic carbocycles. The minimum Gasteiger partial charge on any atom is -0.454 e. The van der Waals surface area contributed by atoms with Crippen LogP contribution in [0.25, 0.3) is 0 Å². The van der Waals surface area contributed by atoms with Gasteiger partial charge < -0.3 is 24.1 Å². The third kappa shape index (κ3) is 4.44. The van der Waals surface area contributed by atoms with E-state index in [9.17, 15) is 9.59 Å². The second-order valence-electron chi connectivity index (χ2n) is 6.84. The molecule has 3 amide bonds. The number of imidazole rings is 1. The van der Waals surface area contributed by atoms with Crippen LogP contribution in [0.3, 0.4) is 0 Å². The van der Waals surface area contributed by atoms with Crippen molar-refractivity contribution in [1.29, 1.82) is 0 Å². The zero-order chi connectivity index (χ0) is 18.5. The number of piperidine rings is 1. The van der Waals surface area contributed by atoms with E-state index in [0.717, 1.165) is 32.5 Å². The molecule has 1 aliphatic rings. The number of likely N-dealkylation sites (tertiary alicyclic amines) is 1. The maximum atomic E-state index is 12.4. The van der Waals surface area contributed by atoms with E-state index in [1.165, 1.54) is 4.90 Å². The van der Waals surface area contributed by atoms with Crippen molar-refractivity contribution in [3.05, 3.63) is 42.4 Å². The Balaban J connectivity index is 1.49. The molecule has 8 nitrogen and oxygen atoms in total. The van der Waals surface area contributed by atoms with Gasteiger partial charge in [0.2, 0.25) is 0 Å². The van der Waals surface area contributed by atoms with Crippen LogP contribution in [0, 0.1) is 5.92 Å². The third-order valence-electron chi connectivity index (χ3n) is 4.53. The van der Waals surface area contributed by atoms with E-state index in [-0.39, 0.29) is 24.2 Å². The number of hydrogen-bond donors (Lipinski definition) is 1. The van der Waals surface area contributed by atoms with Gasteiger partial charge in [-0.1, -0.05) is 0 Å². The number of carbonyl (C=O) groups is 2. The molecule has 1 aliphatic heterocycles. The monoisotopic (exact) mass is 359 g/mol. The maximum absolute atomic E-state index is 12.4. The first-order chi connectivity index (χ1) is 12.5. The summed E-state index contributed by atoms with van der Waals surface area (Å²) in [6.07, 6.45) is 7.63. The van der Waals surface area contributed by atoms with Crippen molar-refractivity contribution in [3.8, 4) is 0 Å². The number of aromatic nitrogens is 2. The summed E-state index contributed by atoms with van der Waals surface area (Å²) in [5.74, 6) is 1.07. The molecule has 140 valence electrons.